The topological polar surface area (TPSA) is 81.6 Å². The number of carbonyl (C=O) groups excluding carboxylic acids is 1. The second-order valence-electron chi connectivity index (χ2n) is 5.39. The Morgan fingerprint density at radius 2 is 2.00 bits per heavy atom. The quantitative estimate of drug-likeness (QED) is 0.884. The first-order chi connectivity index (χ1) is 11.2. The van der Waals surface area contributed by atoms with Crippen molar-refractivity contribution in [2.24, 2.45) is 0 Å². The first-order valence-electron chi connectivity index (χ1n) is 7.50. The summed E-state index contributed by atoms with van der Waals surface area (Å²) in [5.41, 5.74) is 2.50. The molecule has 0 spiro atoms. The van der Waals surface area contributed by atoms with Gasteiger partial charge in [-0.3, -0.25) is 10.2 Å². The number of carbonyl (C=O) groups is 1. The van der Waals surface area contributed by atoms with Gasteiger partial charge in [0.25, 0.3) is 0 Å². The van der Waals surface area contributed by atoms with Crippen LogP contribution in [0.3, 0.4) is 0 Å². The van der Waals surface area contributed by atoms with Gasteiger partial charge in [0.05, 0.1) is 6.10 Å². The van der Waals surface area contributed by atoms with Gasteiger partial charge >= 0.3 is 6.03 Å². The van der Waals surface area contributed by atoms with Gasteiger partial charge in [-0.1, -0.05) is 41.7 Å². The van der Waals surface area contributed by atoms with Gasteiger partial charge in [-0.25, -0.2) is 4.79 Å². The number of benzene rings is 1. The van der Waals surface area contributed by atoms with Crippen LogP contribution in [0.15, 0.2) is 35.8 Å². The van der Waals surface area contributed by atoms with E-state index in [1.807, 2.05) is 30.3 Å². The van der Waals surface area contributed by atoms with E-state index in [4.69, 9.17) is 0 Å². The third-order valence-electron chi connectivity index (χ3n) is 3.85. The molecule has 1 saturated heterocycles. The molecule has 2 N–H and O–H groups in total. The summed E-state index contributed by atoms with van der Waals surface area (Å²) in [5, 5.41) is 21.0. The summed E-state index contributed by atoms with van der Waals surface area (Å²) in [4.78, 5) is 16.0. The standard InChI is InChI=1S/C15H19N5O2S/c21-13(12-4-2-1-3-5-12)10-19-6-8-20(9-7-19)15(22)17-14-18-16-11-23-14/h1-5,11,13,21H,6-10H2,(H,17,18,22). The van der Waals surface area contributed by atoms with Gasteiger partial charge in [-0.15, -0.1) is 10.2 Å². The molecule has 1 aromatic heterocycles. The molecule has 0 aliphatic carbocycles. The SMILES string of the molecule is O=C(Nc1nncs1)N1CCN(CC(O)c2ccccc2)CC1. The summed E-state index contributed by atoms with van der Waals surface area (Å²) < 4.78 is 0. The fourth-order valence-corrected chi connectivity index (χ4v) is 2.99. The number of aliphatic hydroxyl groups excluding tert-OH is 1. The Hall–Kier alpha value is -2.03. The minimum atomic E-state index is -0.502. The lowest BCUT2D eigenvalue weighted by Gasteiger charge is -2.35. The second-order valence-corrected chi connectivity index (χ2v) is 6.22. The van der Waals surface area contributed by atoms with Gasteiger partial charge in [0, 0.05) is 32.7 Å². The van der Waals surface area contributed by atoms with Crippen LogP contribution in [0.4, 0.5) is 9.93 Å². The van der Waals surface area contributed by atoms with Crippen LogP contribution in [0.1, 0.15) is 11.7 Å². The Morgan fingerprint density at radius 3 is 2.65 bits per heavy atom. The molecule has 1 unspecified atom stereocenters. The maximum absolute atomic E-state index is 12.1. The number of anilines is 1. The van der Waals surface area contributed by atoms with Crippen LogP contribution >= 0.6 is 11.3 Å². The molecule has 1 fully saturated rings. The van der Waals surface area contributed by atoms with Crippen LogP contribution in [-0.4, -0.2) is 63.9 Å². The minimum absolute atomic E-state index is 0.148. The van der Waals surface area contributed by atoms with E-state index in [2.05, 4.69) is 20.4 Å². The summed E-state index contributed by atoms with van der Waals surface area (Å²) in [5.74, 6) is 0. The molecule has 1 aliphatic rings. The van der Waals surface area contributed by atoms with Crippen molar-refractivity contribution in [2.45, 2.75) is 6.10 Å². The van der Waals surface area contributed by atoms with Crippen molar-refractivity contribution < 1.29 is 9.90 Å². The number of hydrogen-bond acceptors (Lipinski definition) is 6. The van der Waals surface area contributed by atoms with Gasteiger partial charge in [-0.05, 0) is 5.56 Å². The maximum atomic E-state index is 12.1. The molecule has 3 rings (SSSR count). The highest BCUT2D eigenvalue weighted by atomic mass is 32.1. The Bertz CT molecular complexity index is 614. The lowest BCUT2D eigenvalue weighted by atomic mass is 10.1. The molecule has 1 aliphatic heterocycles. The Kier molecular flexibility index (Phi) is 5.16. The Labute approximate surface area is 138 Å². The molecule has 0 radical (unpaired) electrons. The molecule has 1 atom stereocenters. The molecular weight excluding hydrogens is 314 g/mol. The number of urea groups is 1. The zero-order valence-electron chi connectivity index (χ0n) is 12.6. The number of piperazine rings is 1. The average Bonchev–Trinajstić information content (AvgIpc) is 3.09. The molecule has 2 aromatic rings. The van der Waals surface area contributed by atoms with E-state index >= 15 is 0 Å². The van der Waals surface area contributed by atoms with E-state index in [1.165, 1.54) is 11.3 Å². The van der Waals surface area contributed by atoms with Gasteiger partial charge in [0.2, 0.25) is 5.13 Å². The van der Waals surface area contributed by atoms with Crippen LogP contribution in [0.25, 0.3) is 0 Å². The summed E-state index contributed by atoms with van der Waals surface area (Å²) in [6.07, 6.45) is -0.502. The van der Waals surface area contributed by atoms with Gasteiger partial charge in [-0.2, -0.15) is 0 Å². The number of aromatic nitrogens is 2. The van der Waals surface area contributed by atoms with Crippen molar-refractivity contribution in [2.75, 3.05) is 38.0 Å². The van der Waals surface area contributed by atoms with Crippen LogP contribution < -0.4 is 5.32 Å². The summed E-state index contributed by atoms with van der Waals surface area (Å²) >= 11 is 1.30. The largest absolute Gasteiger partial charge is 0.387 e. The molecule has 0 bridgehead atoms. The predicted octanol–water partition coefficient (Wildman–Crippen LogP) is 1.42. The van der Waals surface area contributed by atoms with Crippen molar-refractivity contribution in [3.8, 4) is 0 Å². The third kappa shape index (κ3) is 4.25. The van der Waals surface area contributed by atoms with Crippen LogP contribution in [-0.2, 0) is 0 Å². The van der Waals surface area contributed by atoms with Gasteiger partial charge < -0.3 is 10.0 Å². The number of nitrogens with one attached hydrogen (secondary N) is 1. The number of nitrogens with zero attached hydrogens (tertiary/aromatic N) is 4. The first kappa shape index (κ1) is 15.9. The average molecular weight is 333 g/mol. The molecular formula is C15H19N5O2S. The molecule has 2 amide bonds. The highest BCUT2D eigenvalue weighted by Gasteiger charge is 2.23. The lowest BCUT2D eigenvalue weighted by Crippen LogP contribution is -2.50. The van der Waals surface area contributed by atoms with E-state index < -0.39 is 6.10 Å². The number of rotatable bonds is 4. The fraction of sp³-hybridized carbons (Fsp3) is 0.400. The van der Waals surface area contributed by atoms with Crippen molar-refractivity contribution in [3.05, 3.63) is 41.4 Å². The normalized spacial score (nSPS) is 17.0. The zero-order chi connectivity index (χ0) is 16.1. The van der Waals surface area contributed by atoms with Gasteiger partial charge in [0.1, 0.15) is 5.51 Å². The van der Waals surface area contributed by atoms with Crippen molar-refractivity contribution in [1.29, 1.82) is 0 Å². The third-order valence-corrected chi connectivity index (χ3v) is 4.46. The van der Waals surface area contributed by atoms with E-state index in [0.717, 1.165) is 18.7 Å². The van der Waals surface area contributed by atoms with Crippen LogP contribution in [0.5, 0.6) is 0 Å². The highest BCUT2D eigenvalue weighted by Crippen LogP contribution is 2.15. The van der Waals surface area contributed by atoms with Crippen molar-refractivity contribution in [1.82, 2.24) is 20.0 Å². The second kappa shape index (κ2) is 7.49. The lowest BCUT2D eigenvalue weighted by molar-refractivity contribution is 0.0831. The number of aliphatic hydroxyl groups is 1. The predicted molar refractivity (Wildman–Crippen MR) is 88.3 cm³/mol. The Morgan fingerprint density at radius 1 is 1.26 bits per heavy atom. The summed E-state index contributed by atoms with van der Waals surface area (Å²) in [6, 6.07) is 9.49. The highest BCUT2D eigenvalue weighted by molar-refractivity contribution is 7.13. The van der Waals surface area contributed by atoms with Crippen molar-refractivity contribution >= 4 is 22.5 Å². The molecule has 0 saturated carbocycles. The van der Waals surface area contributed by atoms with Crippen LogP contribution in [0.2, 0.25) is 0 Å². The number of β-amino-alcohol motifs (C(OH)–C–C–N with tert-alkyl or cyclic N) is 1. The zero-order valence-corrected chi connectivity index (χ0v) is 13.4. The molecule has 23 heavy (non-hydrogen) atoms. The van der Waals surface area contributed by atoms with E-state index in [0.29, 0.717) is 24.8 Å². The molecule has 2 heterocycles. The summed E-state index contributed by atoms with van der Waals surface area (Å²) in [7, 11) is 0. The van der Waals surface area contributed by atoms with Gasteiger partial charge in [0.15, 0.2) is 0 Å². The van der Waals surface area contributed by atoms with E-state index in [-0.39, 0.29) is 6.03 Å². The monoisotopic (exact) mass is 333 g/mol. The molecule has 1 aromatic carbocycles. The molecule has 122 valence electrons. The van der Waals surface area contributed by atoms with E-state index in [9.17, 15) is 9.90 Å². The Balaban J connectivity index is 1.46. The van der Waals surface area contributed by atoms with E-state index in [1.54, 1.807) is 10.4 Å². The number of amides is 2. The summed E-state index contributed by atoms with van der Waals surface area (Å²) in [6.45, 7) is 3.33. The first-order valence-corrected chi connectivity index (χ1v) is 8.38. The van der Waals surface area contributed by atoms with Crippen molar-refractivity contribution in [3.63, 3.8) is 0 Å². The smallest absolute Gasteiger partial charge is 0.323 e. The minimum Gasteiger partial charge on any atom is -0.387 e. The number of hydrogen-bond donors (Lipinski definition) is 2. The molecule has 8 heteroatoms. The molecule has 7 nitrogen and oxygen atoms in total. The fourth-order valence-electron chi connectivity index (χ4n) is 2.56. The maximum Gasteiger partial charge on any atom is 0.323 e. The van der Waals surface area contributed by atoms with Crippen LogP contribution in [0, 0.1) is 0 Å².